The molecule has 0 unspecified atom stereocenters. The van der Waals surface area contributed by atoms with Crippen LogP contribution in [0.2, 0.25) is 0 Å². The maximum absolute atomic E-state index is 5.97. The van der Waals surface area contributed by atoms with Crippen LogP contribution in [0.25, 0.3) is 12.2 Å². The summed E-state index contributed by atoms with van der Waals surface area (Å²) in [5, 5.41) is 4.40. The third kappa shape index (κ3) is 4.24. The van der Waals surface area contributed by atoms with Gasteiger partial charge in [-0.2, -0.15) is 0 Å². The van der Waals surface area contributed by atoms with Crippen molar-refractivity contribution in [3.8, 4) is 0 Å². The van der Waals surface area contributed by atoms with Crippen LogP contribution in [-0.4, -0.2) is 11.3 Å². The van der Waals surface area contributed by atoms with E-state index in [1.165, 1.54) is 0 Å². The Morgan fingerprint density at radius 3 is 1.67 bits per heavy atom. The highest BCUT2D eigenvalue weighted by Gasteiger charge is 2.34. The predicted molar refractivity (Wildman–Crippen MR) is 112 cm³/mol. The van der Waals surface area contributed by atoms with Gasteiger partial charge in [-0.3, -0.25) is 0 Å². The average molecular weight is 351 g/mol. The number of nitrogens with zero attached hydrogens (tertiary/aromatic N) is 1. The fourth-order valence-corrected chi connectivity index (χ4v) is 3.09. The van der Waals surface area contributed by atoms with E-state index in [1.54, 1.807) is 0 Å². The fraction of sp³-hybridized carbons (Fsp3) is 0.0800. The third-order valence-corrected chi connectivity index (χ3v) is 4.59. The van der Waals surface area contributed by atoms with Gasteiger partial charge in [-0.15, -0.1) is 0 Å². The van der Waals surface area contributed by atoms with Gasteiger partial charge >= 0.3 is 0 Å². The molecule has 4 rings (SSSR count). The minimum absolute atomic E-state index is 0.586. The Bertz CT molecular complexity index is 907. The molecule has 0 atom stereocenters. The van der Waals surface area contributed by atoms with Crippen LogP contribution in [0.4, 0.5) is 0 Å². The summed E-state index contributed by atoms with van der Waals surface area (Å²) in [5.74, 6) is 0. The molecule has 0 aliphatic carbocycles. The minimum Gasteiger partial charge on any atom is -0.380 e. The van der Waals surface area contributed by atoms with Gasteiger partial charge in [0.25, 0.3) is 0 Å². The molecule has 0 N–H and O–H groups in total. The molecule has 0 aromatic heterocycles. The molecular formula is C25H21NO. The van der Waals surface area contributed by atoms with Crippen molar-refractivity contribution in [3.05, 3.63) is 120 Å². The Morgan fingerprint density at radius 1 is 0.667 bits per heavy atom. The summed E-state index contributed by atoms with van der Waals surface area (Å²) in [4.78, 5) is 5.97. The molecule has 2 heteroatoms. The van der Waals surface area contributed by atoms with E-state index >= 15 is 0 Å². The van der Waals surface area contributed by atoms with Crippen molar-refractivity contribution in [2.75, 3.05) is 0 Å². The summed E-state index contributed by atoms with van der Waals surface area (Å²) >= 11 is 0. The molecule has 0 spiro atoms. The molecule has 2 nitrogen and oxygen atoms in total. The summed E-state index contributed by atoms with van der Waals surface area (Å²) in [7, 11) is 0. The van der Waals surface area contributed by atoms with Crippen molar-refractivity contribution >= 4 is 17.9 Å². The van der Waals surface area contributed by atoms with E-state index in [1.807, 2.05) is 54.6 Å². The average Bonchev–Trinajstić information content (AvgIpc) is 3.18. The zero-order valence-corrected chi connectivity index (χ0v) is 15.0. The Labute approximate surface area is 160 Å². The van der Waals surface area contributed by atoms with Crippen molar-refractivity contribution in [1.29, 1.82) is 0 Å². The van der Waals surface area contributed by atoms with Crippen LogP contribution >= 0.6 is 0 Å². The van der Waals surface area contributed by atoms with Crippen molar-refractivity contribution in [1.82, 2.24) is 0 Å². The Balaban J connectivity index is 1.62. The quantitative estimate of drug-likeness (QED) is 0.554. The molecule has 0 fully saturated rings. The van der Waals surface area contributed by atoms with Crippen molar-refractivity contribution in [2.45, 2.75) is 12.0 Å². The van der Waals surface area contributed by atoms with E-state index in [4.69, 9.17) is 4.84 Å². The topological polar surface area (TPSA) is 21.6 Å². The van der Waals surface area contributed by atoms with E-state index in [9.17, 15) is 0 Å². The molecule has 1 aliphatic rings. The lowest BCUT2D eigenvalue weighted by Crippen LogP contribution is -2.23. The van der Waals surface area contributed by atoms with Crippen molar-refractivity contribution < 1.29 is 4.84 Å². The number of rotatable bonds is 5. The van der Waals surface area contributed by atoms with E-state index < -0.39 is 5.60 Å². The highest BCUT2D eigenvalue weighted by molar-refractivity contribution is 6.02. The highest BCUT2D eigenvalue weighted by atomic mass is 16.7. The number of oxime groups is 1. The molecule has 3 aromatic rings. The lowest BCUT2D eigenvalue weighted by Gasteiger charge is -2.18. The Kier molecular flexibility index (Phi) is 4.97. The first-order chi connectivity index (χ1) is 13.3. The van der Waals surface area contributed by atoms with Crippen LogP contribution in [0.1, 0.15) is 23.1 Å². The van der Waals surface area contributed by atoms with Crippen LogP contribution in [0, 0.1) is 0 Å². The molecule has 1 heterocycles. The molecular weight excluding hydrogens is 330 g/mol. The van der Waals surface area contributed by atoms with Gasteiger partial charge in [-0.05, 0) is 28.8 Å². The molecule has 132 valence electrons. The number of hydrogen-bond donors (Lipinski definition) is 0. The maximum atomic E-state index is 5.97. The smallest absolute Gasteiger partial charge is 0.180 e. The lowest BCUT2D eigenvalue weighted by atomic mass is 9.92. The summed E-state index contributed by atoms with van der Waals surface area (Å²) in [6, 6.07) is 30.7. The fourth-order valence-electron chi connectivity index (χ4n) is 3.09. The van der Waals surface area contributed by atoms with Crippen molar-refractivity contribution in [2.24, 2.45) is 5.16 Å². The van der Waals surface area contributed by atoms with E-state index in [0.29, 0.717) is 6.42 Å². The molecule has 3 aromatic carbocycles. The summed E-state index contributed by atoms with van der Waals surface area (Å²) < 4.78 is 0. The molecule has 27 heavy (non-hydrogen) atoms. The highest BCUT2D eigenvalue weighted by Crippen LogP contribution is 2.31. The summed E-state index contributed by atoms with van der Waals surface area (Å²) in [6.07, 6.45) is 9.09. The largest absolute Gasteiger partial charge is 0.380 e. The first kappa shape index (κ1) is 17.0. The minimum atomic E-state index is -0.586. The van der Waals surface area contributed by atoms with Crippen LogP contribution in [0.5, 0.6) is 0 Å². The lowest BCUT2D eigenvalue weighted by molar-refractivity contribution is 0.0607. The van der Waals surface area contributed by atoms with Crippen LogP contribution in [0.15, 0.2) is 108 Å². The van der Waals surface area contributed by atoms with Crippen LogP contribution in [-0.2, 0) is 4.84 Å². The summed E-state index contributed by atoms with van der Waals surface area (Å²) in [6.45, 7) is 0. The molecule has 1 aliphatic heterocycles. The van der Waals surface area contributed by atoms with E-state index in [0.717, 1.165) is 22.4 Å². The van der Waals surface area contributed by atoms with Crippen LogP contribution in [0.3, 0.4) is 0 Å². The number of hydrogen-bond acceptors (Lipinski definition) is 2. The van der Waals surface area contributed by atoms with Crippen LogP contribution < -0.4 is 0 Å². The monoisotopic (exact) mass is 351 g/mol. The Hall–Kier alpha value is -3.39. The van der Waals surface area contributed by atoms with Gasteiger partial charge < -0.3 is 4.84 Å². The van der Waals surface area contributed by atoms with Gasteiger partial charge in [-0.1, -0.05) is 108 Å². The maximum Gasteiger partial charge on any atom is 0.180 e. The normalized spacial score (nSPS) is 15.8. The SMILES string of the molecule is C(=C\C1(/C=C/c2ccccc2)CC(c2ccccc2)=NO1)/c1ccccc1. The third-order valence-electron chi connectivity index (χ3n) is 4.59. The molecule has 0 radical (unpaired) electrons. The molecule has 0 bridgehead atoms. The first-order valence-electron chi connectivity index (χ1n) is 9.12. The van der Waals surface area contributed by atoms with Crippen molar-refractivity contribution in [3.63, 3.8) is 0 Å². The standard InChI is InChI=1S/C25H21NO/c1-4-10-21(11-5-1)16-18-25(19-17-22-12-6-2-7-13-22)20-24(26-27-25)23-14-8-3-9-15-23/h1-19H,20H2/b18-16+,19-17+. The first-order valence-corrected chi connectivity index (χ1v) is 9.12. The van der Waals surface area contributed by atoms with E-state index in [-0.39, 0.29) is 0 Å². The van der Waals surface area contributed by atoms with E-state index in [2.05, 4.69) is 65.9 Å². The second-order valence-corrected chi connectivity index (χ2v) is 6.62. The second kappa shape index (κ2) is 7.88. The van der Waals surface area contributed by atoms with Gasteiger partial charge in [-0.25, -0.2) is 0 Å². The van der Waals surface area contributed by atoms with Gasteiger partial charge in [0, 0.05) is 6.42 Å². The van der Waals surface area contributed by atoms with Gasteiger partial charge in [0.2, 0.25) is 0 Å². The zero-order chi connectivity index (χ0) is 18.4. The van der Waals surface area contributed by atoms with Gasteiger partial charge in [0.05, 0.1) is 5.71 Å². The summed E-state index contributed by atoms with van der Waals surface area (Å²) in [5.41, 5.74) is 3.76. The predicted octanol–water partition coefficient (Wildman–Crippen LogP) is 5.98. The second-order valence-electron chi connectivity index (χ2n) is 6.62. The Morgan fingerprint density at radius 2 is 1.15 bits per heavy atom. The number of benzene rings is 3. The molecule has 0 amide bonds. The molecule has 0 saturated heterocycles. The van der Waals surface area contributed by atoms with Gasteiger partial charge in [0.1, 0.15) is 0 Å². The zero-order valence-electron chi connectivity index (χ0n) is 15.0. The van der Waals surface area contributed by atoms with Gasteiger partial charge in [0.15, 0.2) is 5.60 Å². The molecule has 0 saturated carbocycles.